The van der Waals surface area contributed by atoms with Crippen molar-refractivity contribution in [3.63, 3.8) is 0 Å². The van der Waals surface area contributed by atoms with Crippen molar-refractivity contribution >= 4 is 11.9 Å². The number of hydrogen-bond acceptors (Lipinski definition) is 4. The number of aromatic nitrogens is 4. The molecule has 1 fully saturated rings. The fourth-order valence-electron chi connectivity index (χ4n) is 3.34. The van der Waals surface area contributed by atoms with Gasteiger partial charge in [0.15, 0.2) is 0 Å². The van der Waals surface area contributed by atoms with Crippen LogP contribution in [0.25, 0.3) is 5.69 Å². The lowest BCUT2D eigenvalue weighted by atomic mass is 10.0. The number of carbonyl (C=O) groups excluding carboxylic acids is 1. The molecule has 3 heterocycles. The van der Waals surface area contributed by atoms with Gasteiger partial charge in [0.25, 0.3) is 5.91 Å². The van der Waals surface area contributed by atoms with Crippen LogP contribution in [0.1, 0.15) is 39.6 Å². The Kier molecular flexibility index (Phi) is 4.45. The van der Waals surface area contributed by atoms with Crippen LogP contribution in [0.2, 0.25) is 0 Å². The summed E-state index contributed by atoms with van der Waals surface area (Å²) in [6.07, 6.45) is 7.98. The highest BCUT2D eigenvalue weighted by molar-refractivity contribution is 5.94. The first-order valence-electron chi connectivity index (χ1n) is 8.78. The lowest BCUT2D eigenvalue weighted by Gasteiger charge is -2.32. The molecule has 1 aliphatic heterocycles. The van der Waals surface area contributed by atoms with Crippen LogP contribution in [-0.4, -0.2) is 54.5 Å². The van der Waals surface area contributed by atoms with E-state index in [1.807, 2.05) is 41.4 Å². The summed E-state index contributed by atoms with van der Waals surface area (Å²) in [7, 11) is 0. The Morgan fingerprint density at radius 3 is 2.37 bits per heavy atom. The van der Waals surface area contributed by atoms with Gasteiger partial charge in [-0.05, 0) is 43.2 Å². The van der Waals surface area contributed by atoms with Crippen LogP contribution in [0.3, 0.4) is 0 Å². The van der Waals surface area contributed by atoms with E-state index in [1.54, 1.807) is 21.8 Å². The molecule has 1 aliphatic rings. The summed E-state index contributed by atoms with van der Waals surface area (Å²) in [5.41, 5.74) is 1.74. The molecule has 8 heteroatoms. The highest BCUT2D eigenvalue weighted by Gasteiger charge is 2.25. The number of carboxylic acids is 1. The largest absolute Gasteiger partial charge is 0.478 e. The molecule has 0 spiro atoms. The van der Waals surface area contributed by atoms with Gasteiger partial charge < -0.3 is 10.0 Å². The van der Waals surface area contributed by atoms with Crippen molar-refractivity contribution < 1.29 is 14.7 Å². The third-order valence-electron chi connectivity index (χ3n) is 4.86. The van der Waals surface area contributed by atoms with Gasteiger partial charge in [0.05, 0.1) is 23.5 Å². The van der Waals surface area contributed by atoms with E-state index in [9.17, 15) is 9.59 Å². The molecule has 27 heavy (non-hydrogen) atoms. The van der Waals surface area contributed by atoms with E-state index in [-0.39, 0.29) is 17.5 Å². The zero-order valence-electron chi connectivity index (χ0n) is 14.6. The van der Waals surface area contributed by atoms with Crippen molar-refractivity contribution in [3.05, 3.63) is 66.2 Å². The molecule has 138 valence electrons. The van der Waals surface area contributed by atoms with Gasteiger partial charge in [-0.15, -0.1) is 0 Å². The predicted octanol–water partition coefficient (Wildman–Crippen LogP) is 2.24. The third-order valence-corrected chi connectivity index (χ3v) is 4.86. The topological polar surface area (TPSA) is 93.3 Å². The van der Waals surface area contributed by atoms with Crippen LogP contribution in [0.4, 0.5) is 0 Å². The van der Waals surface area contributed by atoms with E-state index < -0.39 is 5.97 Å². The standard InChI is InChI=1S/C19H19N5O3/c25-18(14-2-4-16(5-3-14)23-9-1-8-20-23)22-10-6-17(7-11-22)24-13-15(12-21-24)19(26)27/h1-5,8-9,12-13,17H,6-7,10-11H2,(H,26,27). The van der Waals surface area contributed by atoms with E-state index in [1.165, 1.54) is 6.20 Å². The Bertz CT molecular complexity index is 938. The lowest BCUT2D eigenvalue weighted by Crippen LogP contribution is -2.39. The Morgan fingerprint density at radius 2 is 1.78 bits per heavy atom. The smallest absolute Gasteiger partial charge is 0.338 e. The van der Waals surface area contributed by atoms with Gasteiger partial charge in [-0.3, -0.25) is 9.48 Å². The molecule has 0 saturated carbocycles. The third kappa shape index (κ3) is 3.46. The number of hydrogen-bond donors (Lipinski definition) is 1. The molecule has 0 atom stereocenters. The molecule has 0 bridgehead atoms. The van der Waals surface area contributed by atoms with Gasteiger partial charge in [0, 0.05) is 37.2 Å². The summed E-state index contributed by atoms with van der Waals surface area (Å²) in [6.45, 7) is 1.24. The van der Waals surface area contributed by atoms with Crippen LogP contribution in [0, 0.1) is 0 Å². The Hall–Kier alpha value is -3.42. The van der Waals surface area contributed by atoms with E-state index >= 15 is 0 Å². The SMILES string of the molecule is O=C(O)c1cnn(C2CCN(C(=O)c3ccc(-n4cccn4)cc3)CC2)c1. The minimum absolute atomic E-state index is 0.00663. The number of amides is 1. The van der Waals surface area contributed by atoms with Crippen LogP contribution >= 0.6 is 0 Å². The number of piperidine rings is 1. The van der Waals surface area contributed by atoms with Crippen molar-refractivity contribution in [2.45, 2.75) is 18.9 Å². The van der Waals surface area contributed by atoms with Crippen molar-refractivity contribution in [2.24, 2.45) is 0 Å². The Labute approximate surface area is 155 Å². The molecule has 2 aromatic heterocycles. The second kappa shape index (κ2) is 7.06. The number of carbonyl (C=O) groups is 2. The minimum Gasteiger partial charge on any atom is -0.478 e. The Morgan fingerprint density at radius 1 is 1.04 bits per heavy atom. The molecule has 8 nitrogen and oxygen atoms in total. The van der Waals surface area contributed by atoms with Crippen LogP contribution < -0.4 is 0 Å². The summed E-state index contributed by atoms with van der Waals surface area (Å²) in [6, 6.07) is 9.36. The second-order valence-electron chi connectivity index (χ2n) is 6.54. The van der Waals surface area contributed by atoms with Crippen LogP contribution in [-0.2, 0) is 0 Å². The quantitative estimate of drug-likeness (QED) is 0.765. The van der Waals surface area contributed by atoms with Gasteiger partial charge in [0.2, 0.25) is 0 Å². The van der Waals surface area contributed by atoms with E-state index in [4.69, 9.17) is 5.11 Å². The molecule has 4 rings (SSSR count). The minimum atomic E-state index is -0.979. The molecule has 0 unspecified atom stereocenters. The zero-order valence-corrected chi connectivity index (χ0v) is 14.6. The summed E-state index contributed by atoms with van der Waals surface area (Å²) < 4.78 is 3.44. The highest BCUT2D eigenvalue weighted by Crippen LogP contribution is 2.23. The molecule has 1 amide bonds. The van der Waals surface area contributed by atoms with Crippen molar-refractivity contribution in [1.29, 1.82) is 0 Å². The molecule has 3 aromatic rings. The maximum atomic E-state index is 12.7. The van der Waals surface area contributed by atoms with Crippen LogP contribution in [0.15, 0.2) is 55.1 Å². The fourth-order valence-corrected chi connectivity index (χ4v) is 3.34. The predicted molar refractivity (Wildman–Crippen MR) is 96.9 cm³/mol. The van der Waals surface area contributed by atoms with E-state index in [0.717, 1.165) is 18.5 Å². The number of likely N-dealkylation sites (tertiary alicyclic amines) is 1. The normalized spacial score (nSPS) is 15.0. The van der Waals surface area contributed by atoms with Crippen molar-refractivity contribution in [1.82, 2.24) is 24.5 Å². The fraction of sp³-hybridized carbons (Fsp3) is 0.263. The summed E-state index contributed by atoms with van der Waals surface area (Å²) in [5, 5.41) is 17.3. The molecule has 1 saturated heterocycles. The average molecular weight is 365 g/mol. The van der Waals surface area contributed by atoms with Gasteiger partial charge in [-0.1, -0.05) is 0 Å². The lowest BCUT2D eigenvalue weighted by molar-refractivity contribution is 0.0688. The molecular formula is C19H19N5O3. The number of benzene rings is 1. The van der Waals surface area contributed by atoms with Gasteiger partial charge in [-0.2, -0.15) is 10.2 Å². The first kappa shape index (κ1) is 17.0. The van der Waals surface area contributed by atoms with Gasteiger partial charge >= 0.3 is 5.97 Å². The average Bonchev–Trinajstić information content (AvgIpc) is 3.40. The maximum absolute atomic E-state index is 12.7. The van der Waals surface area contributed by atoms with E-state index in [2.05, 4.69) is 10.2 Å². The van der Waals surface area contributed by atoms with Crippen molar-refractivity contribution in [2.75, 3.05) is 13.1 Å². The number of nitrogens with zero attached hydrogens (tertiary/aromatic N) is 5. The molecule has 1 aromatic carbocycles. The zero-order chi connectivity index (χ0) is 18.8. The Balaban J connectivity index is 1.38. The second-order valence-corrected chi connectivity index (χ2v) is 6.54. The monoisotopic (exact) mass is 365 g/mol. The number of rotatable bonds is 4. The van der Waals surface area contributed by atoms with E-state index in [0.29, 0.717) is 18.7 Å². The number of carboxylic acid groups (broad SMARTS) is 1. The highest BCUT2D eigenvalue weighted by atomic mass is 16.4. The summed E-state index contributed by atoms with van der Waals surface area (Å²) in [4.78, 5) is 25.6. The molecular weight excluding hydrogens is 346 g/mol. The maximum Gasteiger partial charge on any atom is 0.338 e. The number of aromatic carboxylic acids is 1. The molecule has 0 radical (unpaired) electrons. The first-order valence-corrected chi connectivity index (χ1v) is 8.78. The summed E-state index contributed by atoms with van der Waals surface area (Å²) >= 11 is 0. The first-order chi connectivity index (χ1) is 13.1. The van der Waals surface area contributed by atoms with Gasteiger partial charge in [0.1, 0.15) is 0 Å². The summed E-state index contributed by atoms with van der Waals surface area (Å²) in [5.74, 6) is -0.973. The van der Waals surface area contributed by atoms with Crippen LogP contribution in [0.5, 0.6) is 0 Å². The molecule has 0 aliphatic carbocycles. The van der Waals surface area contributed by atoms with Gasteiger partial charge in [-0.25, -0.2) is 9.48 Å². The molecule has 1 N–H and O–H groups in total. The van der Waals surface area contributed by atoms with Crippen molar-refractivity contribution in [3.8, 4) is 5.69 Å².